The summed E-state index contributed by atoms with van der Waals surface area (Å²) in [6.45, 7) is 8.36. The lowest BCUT2D eigenvalue weighted by atomic mass is 9.96. The number of piperidine rings is 1. The van der Waals surface area contributed by atoms with Crippen LogP contribution in [0.15, 0.2) is 0 Å². The standard InChI is InChI=1S/C12H24N2O/c1-9(2)10(3)14(4)12(15)11-6-5-7-13-8-11/h9-11,13H,5-8H2,1-4H3/t10?,11-/m1/s1. The van der Waals surface area contributed by atoms with E-state index in [1.165, 1.54) is 0 Å². The number of rotatable bonds is 3. The molecule has 1 N–H and O–H groups in total. The van der Waals surface area contributed by atoms with Gasteiger partial charge in [0.2, 0.25) is 5.91 Å². The van der Waals surface area contributed by atoms with E-state index in [1.807, 2.05) is 11.9 Å². The van der Waals surface area contributed by atoms with E-state index in [1.54, 1.807) is 0 Å². The first-order valence-corrected chi connectivity index (χ1v) is 6.01. The van der Waals surface area contributed by atoms with Gasteiger partial charge < -0.3 is 10.2 Å². The summed E-state index contributed by atoms with van der Waals surface area (Å²) in [6.07, 6.45) is 2.17. The van der Waals surface area contributed by atoms with Crippen LogP contribution in [0.1, 0.15) is 33.6 Å². The van der Waals surface area contributed by atoms with Gasteiger partial charge in [-0.3, -0.25) is 4.79 Å². The summed E-state index contributed by atoms with van der Waals surface area (Å²) in [5, 5.41) is 3.29. The third kappa shape index (κ3) is 3.20. The molecule has 1 aliphatic rings. The molecule has 3 nitrogen and oxygen atoms in total. The summed E-state index contributed by atoms with van der Waals surface area (Å²) >= 11 is 0. The highest BCUT2D eigenvalue weighted by atomic mass is 16.2. The fourth-order valence-electron chi connectivity index (χ4n) is 2.00. The zero-order valence-electron chi connectivity index (χ0n) is 10.4. The highest BCUT2D eigenvalue weighted by Crippen LogP contribution is 2.16. The van der Waals surface area contributed by atoms with E-state index in [9.17, 15) is 4.79 Å². The van der Waals surface area contributed by atoms with E-state index >= 15 is 0 Å². The lowest BCUT2D eigenvalue weighted by Gasteiger charge is -2.32. The predicted octanol–water partition coefficient (Wildman–Crippen LogP) is 1.49. The van der Waals surface area contributed by atoms with Crippen molar-refractivity contribution in [3.63, 3.8) is 0 Å². The van der Waals surface area contributed by atoms with Crippen molar-refractivity contribution in [2.75, 3.05) is 20.1 Å². The largest absolute Gasteiger partial charge is 0.343 e. The number of hydrogen-bond acceptors (Lipinski definition) is 2. The molecule has 1 aliphatic heterocycles. The molecular formula is C12H24N2O. The Hall–Kier alpha value is -0.570. The summed E-state index contributed by atoms with van der Waals surface area (Å²) in [5.74, 6) is 1.03. The molecule has 0 aromatic heterocycles. The fourth-order valence-corrected chi connectivity index (χ4v) is 2.00. The molecule has 0 saturated carbocycles. The molecule has 0 aromatic rings. The van der Waals surface area contributed by atoms with Crippen LogP contribution >= 0.6 is 0 Å². The first kappa shape index (κ1) is 12.5. The monoisotopic (exact) mass is 212 g/mol. The van der Waals surface area contributed by atoms with Gasteiger partial charge in [-0.25, -0.2) is 0 Å². The molecule has 0 spiro atoms. The zero-order valence-corrected chi connectivity index (χ0v) is 10.4. The van der Waals surface area contributed by atoms with Crippen molar-refractivity contribution in [3.8, 4) is 0 Å². The molecule has 3 heteroatoms. The van der Waals surface area contributed by atoms with E-state index < -0.39 is 0 Å². The molecule has 1 unspecified atom stereocenters. The minimum absolute atomic E-state index is 0.199. The molecule has 1 heterocycles. The summed E-state index contributed by atoms with van der Waals surface area (Å²) in [6, 6.07) is 0.333. The maximum atomic E-state index is 12.1. The average molecular weight is 212 g/mol. The number of carbonyl (C=O) groups is 1. The molecule has 0 aliphatic carbocycles. The maximum Gasteiger partial charge on any atom is 0.226 e. The Balaban J connectivity index is 2.50. The van der Waals surface area contributed by atoms with Gasteiger partial charge in [0, 0.05) is 19.6 Å². The molecule has 0 bridgehead atoms. The van der Waals surface area contributed by atoms with Gasteiger partial charge in [-0.05, 0) is 32.2 Å². The minimum Gasteiger partial charge on any atom is -0.343 e. The van der Waals surface area contributed by atoms with Gasteiger partial charge in [0.15, 0.2) is 0 Å². The minimum atomic E-state index is 0.199. The van der Waals surface area contributed by atoms with Crippen LogP contribution in [0.5, 0.6) is 0 Å². The molecule has 1 amide bonds. The molecule has 0 aromatic carbocycles. The summed E-state index contributed by atoms with van der Waals surface area (Å²) in [4.78, 5) is 14.0. The number of hydrogen-bond donors (Lipinski definition) is 1. The number of amides is 1. The Bertz CT molecular complexity index is 210. The Kier molecular flexibility index (Phi) is 4.58. The molecule has 15 heavy (non-hydrogen) atoms. The number of nitrogens with zero attached hydrogens (tertiary/aromatic N) is 1. The average Bonchev–Trinajstić information content (AvgIpc) is 2.27. The number of carbonyl (C=O) groups excluding carboxylic acids is 1. The van der Waals surface area contributed by atoms with Crippen LogP contribution in [0.25, 0.3) is 0 Å². The molecule has 1 fully saturated rings. The van der Waals surface area contributed by atoms with Crippen molar-refractivity contribution in [1.29, 1.82) is 0 Å². The topological polar surface area (TPSA) is 32.3 Å². The van der Waals surface area contributed by atoms with Crippen LogP contribution in [-0.4, -0.2) is 37.0 Å². The Morgan fingerprint density at radius 1 is 1.40 bits per heavy atom. The van der Waals surface area contributed by atoms with Crippen molar-refractivity contribution >= 4 is 5.91 Å². The SMILES string of the molecule is CC(C)C(C)N(C)C(=O)[C@@H]1CCCNC1. The van der Waals surface area contributed by atoms with Crippen molar-refractivity contribution in [2.24, 2.45) is 11.8 Å². The lowest BCUT2D eigenvalue weighted by Crippen LogP contribution is -2.46. The predicted molar refractivity (Wildman–Crippen MR) is 62.7 cm³/mol. The fraction of sp³-hybridized carbons (Fsp3) is 0.917. The Morgan fingerprint density at radius 3 is 2.53 bits per heavy atom. The van der Waals surface area contributed by atoms with E-state index in [-0.39, 0.29) is 5.92 Å². The second kappa shape index (κ2) is 5.50. The Labute approximate surface area is 93.2 Å². The van der Waals surface area contributed by atoms with Crippen LogP contribution in [0.2, 0.25) is 0 Å². The highest BCUT2D eigenvalue weighted by molar-refractivity contribution is 5.79. The quantitative estimate of drug-likeness (QED) is 0.768. The van der Waals surface area contributed by atoms with Gasteiger partial charge in [-0.2, -0.15) is 0 Å². The third-order valence-corrected chi connectivity index (χ3v) is 3.57. The van der Waals surface area contributed by atoms with E-state index in [4.69, 9.17) is 0 Å². The molecular weight excluding hydrogens is 188 g/mol. The molecule has 2 atom stereocenters. The smallest absolute Gasteiger partial charge is 0.226 e. The van der Waals surface area contributed by atoms with Crippen LogP contribution < -0.4 is 5.32 Å². The maximum absolute atomic E-state index is 12.1. The highest BCUT2D eigenvalue weighted by Gasteiger charge is 2.27. The summed E-state index contributed by atoms with van der Waals surface area (Å²) in [5.41, 5.74) is 0. The zero-order chi connectivity index (χ0) is 11.4. The number of nitrogens with one attached hydrogen (secondary N) is 1. The first-order valence-electron chi connectivity index (χ1n) is 6.01. The van der Waals surface area contributed by atoms with Crippen LogP contribution in [0.4, 0.5) is 0 Å². The van der Waals surface area contributed by atoms with Crippen molar-refractivity contribution < 1.29 is 4.79 Å². The molecule has 88 valence electrons. The van der Waals surface area contributed by atoms with E-state index in [0.717, 1.165) is 25.9 Å². The van der Waals surface area contributed by atoms with Gasteiger partial charge in [0.1, 0.15) is 0 Å². The van der Waals surface area contributed by atoms with Gasteiger partial charge in [-0.1, -0.05) is 13.8 Å². The van der Waals surface area contributed by atoms with Crippen LogP contribution in [0.3, 0.4) is 0 Å². The van der Waals surface area contributed by atoms with E-state index in [0.29, 0.717) is 17.9 Å². The van der Waals surface area contributed by atoms with Crippen molar-refractivity contribution in [1.82, 2.24) is 10.2 Å². The van der Waals surface area contributed by atoms with Crippen molar-refractivity contribution in [2.45, 2.75) is 39.7 Å². The van der Waals surface area contributed by atoms with Gasteiger partial charge in [-0.15, -0.1) is 0 Å². The molecule has 0 radical (unpaired) electrons. The van der Waals surface area contributed by atoms with Crippen molar-refractivity contribution in [3.05, 3.63) is 0 Å². The lowest BCUT2D eigenvalue weighted by molar-refractivity contribution is -0.137. The second-order valence-corrected chi connectivity index (χ2v) is 4.98. The van der Waals surface area contributed by atoms with Crippen LogP contribution in [-0.2, 0) is 4.79 Å². The van der Waals surface area contributed by atoms with Gasteiger partial charge in [0.05, 0.1) is 5.92 Å². The third-order valence-electron chi connectivity index (χ3n) is 3.57. The van der Waals surface area contributed by atoms with E-state index in [2.05, 4.69) is 26.1 Å². The van der Waals surface area contributed by atoms with Gasteiger partial charge in [0.25, 0.3) is 0 Å². The summed E-state index contributed by atoms with van der Waals surface area (Å²) in [7, 11) is 1.93. The Morgan fingerprint density at radius 2 is 2.07 bits per heavy atom. The van der Waals surface area contributed by atoms with Crippen LogP contribution in [0, 0.1) is 11.8 Å². The normalized spacial score (nSPS) is 23.9. The van der Waals surface area contributed by atoms with Gasteiger partial charge >= 0.3 is 0 Å². The summed E-state index contributed by atoms with van der Waals surface area (Å²) < 4.78 is 0. The first-order chi connectivity index (χ1) is 7.04. The molecule has 1 saturated heterocycles. The molecule has 1 rings (SSSR count). The second-order valence-electron chi connectivity index (χ2n) is 4.98.